The van der Waals surface area contributed by atoms with Crippen LogP contribution in [-0.4, -0.2) is 80.1 Å². The third kappa shape index (κ3) is 8.61. The van der Waals surface area contributed by atoms with E-state index in [9.17, 15) is 35.9 Å². The van der Waals surface area contributed by atoms with Gasteiger partial charge in [0.2, 0.25) is 0 Å². The Hall–Kier alpha value is -3.79. The van der Waals surface area contributed by atoms with Crippen LogP contribution in [0.15, 0.2) is 59.9 Å². The standard InChI is InChI=1S/C20H19F6N5S.C4H4O4/c21-19(22,23)14-3-1-4-15(13-14)30-9-7-29(8-10-30)11-12-32-18-28-27-17-16(20(24,25)26)5-2-6-31(17)18;5-3(6)1-2-4(7)8/h1-6,13H,7-12H2;1-2H,(H,5,6)(H,7,8)/b;2-1-. The van der Waals surface area contributed by atoms with Crippen LogP contribution < -0.4 is 4.90 Å². The van der Waals surface area contributed by atoms with E-state index in [1.807, 2.05) is 4.90 Å². The molecule has 0 radical (unpaired) electrons. The van der Waals surface area contributed by atoms with Crippen molar-refractivity contribution in [3.63, 3.8) is 0 Å². The molecule has 0 amide bonds. The number of aromatic nitrogens is 3. The van der Waals surface area contributed by atoms with E-state index in [1.54, 1.807) is 6.07 Å². The van der Waals surface area contributed by atoms with Crippen molar-refractivity contribution >= 4 is 35.0 Å². The summed E-state index contributed by atoms with van der Waals surface area (Å²) in [4.78, 5) is 23.2. The van der Waals surface area contributed by atoms with Crippen LogP contribution in [-0.2, 0) is 21.9 Å². The van der Waals surface area contributed by atoms with Gasteiger partial charge in [-0.05, 0) is 30.3 Å². The number of thioether (sulfide) groups is 1. The summed E-state index contributed by atoms with van der Waals surface area (Å²) in [6, 6.07) is 7.60. The van der Waals surface area contributed by atoms with Crippen molar-refractivity contribution in [3.05, 3.63) is 65.9 Å². The van der Waals surface area contributed by atoms with Crippen molar-refractivity contribution < 1.29 is 46.1 Å². The number of pyridine rings is 1. The largest absolute Gasteiger partial charge is 0.478 e. The molecule has 16 heteroatoms. The topological polar surface area (TPSA) is 111 Å². The number of hydrogen-bond donors (Lipinski definition) is 2. The number of rotatable bonds is 7. The van der Waals surface area contributed by atoms with Gasteiger partial charge in [0.1, 0.15) is 5.56 Å². The number of halogens is 6. The number of hydrogen-bond acceptors (Lipinski definition) is 7. The lowest BCUT2D eigenvalue weighted by Crippen LogP contribution is -2.47. The van der Waals surface area contributed by atoms with Crippen LogP contribution in [0.3, 0.4) is 0 Å². The molecule has 3 heterocycles. The molecule has 0 aliphatic carbocycles. The maximum atomic E-state index is 13.1. The van der Waals surface area contributed by atoms with E-state index in [-0.39, 0.29) is 5.65 Å². The van der Waals surface area contributed by atoms with Crippen molar-refractivity contribution in [1.82, 2.24) is 19.5 Å². The third-order valence-corrected chi connectivity index (χ3v) is 6.55. The quantitative estimate of drug-likeness (QED) is 0.235. The average Bonchev–Trinajstić information content (AvgIpc) is 3.30. The van der Waals surface area contributed by atoms with Gasteiger partial charge in [0.05, 0.1) is 5.56 Å². The molecule has 0 saturated carbocycles. The lowest BCUT2D eigenvalue weighted by molar-refractivity contribution is -0.138. The second-order valence-corrected chi connectivity index (χ2v) is 9.39. The van der Waals surface area contributed by atoms with Crippen LogP contribution in [0.4, 0.5) is 32.0 Å². The first kappa shape index (κ1) is 30.7. The average molecular weight is 592 g/mol. The summed E-state index contributed by atoms with van der Waals surface area (Å²) in [7, 11) is 0. The summed E-state index contributed by atoms with van der Waals surface area (Å²) >= 11 is 1.31. The fraction of sp³-hybridized carbons (Fsp3) is 0.333. The Morgan fingerprint density at radius 2 is 1.55 bits per heavy atom. The number of nitrogens with zero attached hydrogens (tertiary/aromatic N) is 5. The Morgan fingerprint density at radius 3 is 2.12 bits per heavy atom. The zero-order valence-corrected chi connectivity index (χ0v) is 21.4. The van der Waals surface area contributed by atoms with Crippen molar-refractivity contribution in [2.24, 2.45) is 0 Å². The number of carboxylic acids is 2. The molecule has 2 N–H and O–H groups in total. The molecule has 1 aliphatic rings. The zero-order valence-electron chi connectivity index (χ0n) is 20.6. The van der Waals surface area contributed by atoms with Crippen LogP contribution in [0.1, 0.15) is 11.1 Å². The van der Waals surface area contributed by atoms with Gasteiger partial charge in [-0.3, -0.25) is 9.30 Å². The molecule has 0 atom stereocenters. The van der Waals surface area contributed by atoms with Crippen molar-refractivity contribution in [2.45, 2.75) is 17.5 Å². The van der Waals surface area contributed by atoms with E-state index in [4.69, 9.17) is 10.2 Å². The lowest BCUT2D eigenvalue weighted by Gasteiger charge is -2.36. The smallest absolute Gasteiger partial charge is 0.420 e. The minimum Gasteiger partial charge on any atom is -0.478 e. The van der Waals surface area contributed by atoms with E-state index in [1.165, 1.54) is 34.5 Å². The van der Waals surface area contributed by atoms with Crippen LogP contribution >= 0.6 is 11.8 Å². The summed E-state index contributed by atoms with van der Waals surface area (Å²) < 4.78 is 79.4. The molecule has 0 unspecified atom stereocenters. The molecule has 3 aromatic rings. The predicted octanol–water partition coefficient (Wildman–Crippen LogP) is 4.39. The van der Waals surface area contributed by atoms with Crippen molar-refractivity contribution in [3.8, 4) is 0 Å². The molecule has 1 aromatic carbocycles. The Kier molecular flexibility index (Phi) is 10.0. The second-order valence-electron chi connectivity index (χ2n) is 8.33. The van der Waals surface area contributed by atoms with E-state index in [0.717, 1.165) is 18.2 Å². The summed E-state index contributed by atoms with van der Waals surface area (Å²) in [5.41, 5.74) is -1.17. The highest BCUT2D eigenvalue weighted by molar-refractivity contribution is 7.99. The van der Waals surface area contributed by atoms with Crippen LogP contribution in [0, 0.1) is 0 Å². The third-order valence-electron chi connectivity index (χ3n) is 5.63. The molecule has 216 valence electrons. The summed E-state index contributed by atoms with van der Waals surface area (Å²) in [5, 5.41) is 23.6. The summed E-state index contributed by atoms with van der Waals surface area (Å²) in [5.74, 6) is -1.92. The van der Waals surface area contributed by atoms with Crippen molar-refractivity contribution in [1.29, 1.82) is 0 Å². The number of anilines is 1. The van der Waals surface area contributed by atoms with Gasteiger partial charge in [0, 0.05) is 62.5 Å². The van der Waals surface area contributed by atoms with Gasteiger partial charge in [0.25, 0.3) is 0 Å². The number of carbonyl (C=O) groups is 2. The number of fused-ring (bicyclic) bond motifs is 1. The predicted molar refractivity (Wildman–Crippen MR) is 133 cm³/mol. The summed E-state index contributed by atoms with van der Waals surface area (Å²) in [6.07, 6.45) is -6.26. The Labute approximate surface area is 227 Å². The maximum Gasteiger partial charge on any atom is 0.420 e. The molecule has 0 bridgehead atoms. The van der Waals surface area contributed by atoms with E-state index >= 15 is 0 Å². The first-order chi connectivity index (χ1) is 18.8. The normalized spacial score (nSPS) is 14.8. The first-order valence-electron chi connectivity index (χ1n) is 11.6. The second kappa shape index (κ2) is 13.0. The molecule has 1 fully saturated rings. The van der Waals surface area contributed by atoms with Gasteiger partial charge in [0.15, 0.2) is 10.8 Å². The molecule has 2 aromatic heterocycles. The number of alkyl halides is 6. The monoisotopic (exact) mass is 591 g/mol. The fourth-order valence-corrected chi connectivity index (χ4v) is 4.65. The van der Waals surface area contributed by atoms with Crippen LogP contribution in [0.25, 0.3) is 5.65 Å². The van der Waals surface area contributed by atoms with Gasteiger partial charge >= 0.3 is 24.3 Å². The molecule has 1 saturated heterocycles. The van der Waals surface area contributed by atoms with Gasteiger partial charge in [-0.15, -0.1) is 10.2 Å². The highest BCUT2D eigenvalue weighted by Gasteiger charge is 2.34. The Balaban J connectivity index is 0.000000482. The molecule has 4 rings (SSSR count). The molecular formula is C24H23F6N5O4S. The summed E-state index contributed by atoms with van der Waals surface area (Å²) in [6.45, 7) is 3.21. The maximum absolute atomic E-state index is 13.1. The molecule has 40 heavy (non-hydrogen) atoms. The minimum absolute atomic E-state index is 0.225. The van der Waals surface area contributed by atoms with Gasteiger partial charge in [-0.1, -0.05) is 17.8 Å². The van der Waals surface area contributed by atoms with Crippen molar-refractivity contribution in [2.75, 3.05) is 43.4 Å². The van der Waals surface area contributed by atoms with Gasteiger partial charge in [-0.25, -0.2) is 9.59 Å². The highest BCUT2D eigenvalue weighted by atomic mass is 32.2. The first-order valence-corrected chi connectivity index (χ1v) is 12.6. The number of carboxylic acid groups (broad SMARTS) is 2. The van der Waals surface area contributed by atoms with E-state index in [2.05, 4.69) is 15.1 Å². The Morgan fingerprint density at radius 1 is 0.900 bits per heavy atom. The molecule has 1 aliphatic heterocycles. The number of piperazine rings is 1. The molecular weight excluding hydrogens is 568 g/mol. The van der Waals surface area contributed by atoms with Crippen LogP contribution in [0.2, 0.25) is 0 Å². The highest BCUT2D eigenvalue weighted by Crippen LogP contribution is 2.33. The minimum atomic E-state index is -4.50. The molecule has 0 spiro atoms. The lowest BCUT2D eigenvalue weighted by atomic mass is 10.1. The number of benzene rings is 1. The SMILES string of the molecule is FC(F)(F)c1cccc(N2CCN(CCSc3nnc4c(C(F)(F)F)cccn34)CC2)c1.O=C(O)/C=C\C(=O)O. The van der Waals surface area contributed by atoms with Crippen LogP contribution in [0.5, 0.6) is 0 Å². The Bertz CT molecular complexity index is 1340. The molecule has 9 nitrogen and oxygen atoms in total. The number of aliphatic carboxylic acids is 2. The zero-order chi connectivity index (χ0) is 29.5. The van der Waals surface area contributed by atoms with E-state index in [0.29, 0.717) is 61.5 Å². The fourth-order valence-electron chi connectivity index (χ4n) is 3.73. The van der Waals surface area contributed by atoms with E-state index < -0.39 is 35.4 Å². The van der Waals surface area contributed by atoms with Gasteiger partial charge < -0.3 is 15.1 Å². The van der Waals surface area contributed by atoms with Gasteiger partial charge in [-0.2, -0.15) is 26.3 Å².